The quantitative estimate of drug-likeness (QED) is 0.590. The molecule has 1 nitrogen and oxygen atoms in total. The van der Waals surface area contributed by atoms with Crippen molar-refractivity contribution in [2.75, 3.05) is 19.6 Å². The monoisotopic (exact) mass is 275 g/mol. The number of allylic oxidation sites excluding steroid dienone is 5. The molecule has 0 aromatic carbocycles. The Morgan fingerprint density at radius 3 is 2.30 bits per heavy atom. The lowest BCUT2D eigenvalue weighted by molar-refractivity contribution is 0.225. The van der Waals surface area contributed by atoms with Gasteiger partial charge in [-0.2, -0.15) is 0 Å². The summed E-state index contributed by atoms with van der Waals surface area (Å²) < 4.78 is 0. The number of hydrogen-bond donors (Lipinski definition) is 0. The summed E-state index contributed by atoms with van der Waals surface area (Å²) in [4.78, 5) is 2.63. The molecule has 1 aliphatic heterocycles. The molecule has 0 N–H and O–H groups in total. The molecule has 0 aliphatic carbocycles. The molecule has 1 aliphatic rings. The van der Waals surface area contributed by atoms with Crippen LogP contribution in [0.15, 0.2) is 36.0 Å². The van der Waals surface area contributed by atoms with Crippen molar-refractivity contribution in [3.63, 3.8) is 0 Å². The molecule has 0 aromatic rings. The van der Waals surface area contributed by atoms with E-state index >= 15 is 0 Å². The molecule has 1 saturated heterocycles. The number of likely N-dealkylation sites (tertiary alicyclic amines) is 1. The van der Waals surface area contributed by atoms with Crippen LogP contribution >= 0.6 is 0 Å². The Morgan fingerprint density at radius 1 is 1.10 bits per heavy atom. The SMILES string of the molecule is C=C/C(C)=C\C=C(/CCCN1CCCCC1)C(C)(C)C. The van der Waals surface area contributed by atoms with Gasteiger partial charge in [-0.15, -0.1) is 0 Å². The van der Waals surface area contributed by atoms with Gasteiger partial charge in [-0.05, 0) is 57.7 Å². The minimum absolute atomic E-state index is 0.264. The maximum absolute atomic E-state index is 3.82. The van der Waals surface area contributed by atoms with E-state index in [9.17, 15) is 0 Å². The van der Waals surface area contributed by atoms with Gasteiger partial charge >= 0.3 is 0 Å². The van der Waals surface area contributed by atoms with Crippen molar-refractivity contribution in [2.45, 2.75) is 59.8 Å². The van der Waals surface area contributed by atoms with Crippen LogP contribution in [0.5, 0.6) is 0 Å². The highest BCUT2D eigenvalue weighted by molar-refractivity contribution is 5.25. The highest BCUT2D eigenvalue weighted by Crippen LogP contribution is 2.29. The summed E-state index contributed by atoms with van der Waals surface area (Å²) in [5, 5.41) is 0. The van der Waals surface area contributed by atoms with Crippen molar-refractivity contribution in [1.82, 2.24) is 4.90 Å². The molecule has 1 fully saturated rings. The van der Waals surface area contributed by atoms with Crippen molar-refractivity contribution in [2.24, 2.45) is 5.41 Å². The Hall–Kier alpha value is -0.820. The molecule has 0 saturated carbocycles. The summed E-state index contributed by atoms with van der Waals surface area (Å²) in [6.07, 6.45) is 13.1. The van der Waals surface area contributed by atoms with Gasteiger partial charge in [0.25, 0.3) is 0 Å². The lowest BCUT2D eigenvalue weighted by atomic mass is 9.83. The number of rotatable bonds is 6. The van der Waals surface area contributed by atoms with E-state index in [1.54, 1.807) is 5.57 Å². The van der Waals surface area contributed by atoms with E-state index in [1.165, 1.54) is 57.3 Å². The molecule has 0 bridgehead atoms. The van der Waals surface area contributed by atoms with E-state index < -0.39 is 0 Å². The van der Waals surface area contributed by atoms with Gasteiger partial charge in [0, 0.05) is 0 Å². The zero-order valence-electron chi connectivity index (χ0n) is 14.0. The third-order valence-corrected chi connectivity index (χ3v) is 4.20. The van der Waals surface area contributed by atoms with Crippen molar-refractivity contribution in [3.8, 4) is 0 Å². The molecule has 1 heterocycles. The van der Waals surface area contributed by atoms with Crippen LogP contribution in [0.3, 0.4) is 0 Å². The molecule has 1 heteroatoms. The van der Waals surface area contributed by atoms with Crippen molar-refractivity contribution < 1.29 is 0 Å². The van der Waals surface area contributed by atoms with E-state index in [0.29, 0.717) is 0 Å². The number of hydrogen-bond acceptors (Lipinski definition) is 1. The van der Waals surface area contributed by atoms with Crippen LogP contribution in [0.2, 0.25) is 0 Å². The standard InChI is InChI=1S/C19H33N/c1-6-17(2)12-13-18(19(3,4)5)11-10-16-20-14-8-7-9-15-20/h6,12-13H,1,7-11,14-16H2,2-5H3/b17-12-,18-13+. The van der Waals surface area contributed by atoms with E-state index in [0.717, 1.165) is 0 Å². The Balaban J connectivity index is 2.50. The van der Waals surface area contributed by atoms with Gasteiger partial charge in [-0.25, -0.2) is 0 Å². The normalized spacial score (nSPS) is 19.2. The third-order valence-electron chi connectivity index (χ3n) is 4.20. The van der Waals surface area contributed by atoms with Gasteiger partial charge in [0.1, 0.15) is 0 Å². The number of piperidine rings is 1. The van der Waals surface area contributed by atoms with Gasteiger partial charge in [-0.3, -0.25) is 0 Å². The zero-order valence-corrected chi connectivity index (χ0v) is 14.0. The average Bonchev–Trinajstić information content (AvgIpc) is 2.42. The minimum atomic E-state index is 0.264. The summed E-state index contributed by atoms with van der Waals surface area (Å²) >= 11 is 0. The summed E-state index contributed by atoms with van der Waals surface area (Å²) in [5.41, 5.74) is 3.05. The maximum atomic E-state index is 3.82. The molecule has 0 radical (unpaired) electrons. The van der Waals surface area contributed by atoms with Crippen molar-refractivity contribution in [3.05, 3.63) is 36.0 Å². The van der Waals surface area contributed by atoms with Gasteiger partial charge in [-0.1, -0.05) is 63.1 Å². The molecule has 0 unspecified atom stereocenters. The van der Waals surface area contributed by atoms with Gasteiger partial charge in [0.15, 0.2) is 0 Å². The first-order valence-corrected chi connectivity index (χ1v) is 8.16. The Bertz CT molecular complexity index is 348. The Labute approximate surface area is 126 Å². The van der Waals surface area contributed by atoms with Crippen LogP contribution in [0, 0.1) is 5.41 Å². The predicted molar refractivity (Wildman–Crippen MR) is 91.0 cm³/mol. The first-order chi connectivity index (χ1) is 9.43. The highest BCUT2D eigenvalue weighted by atomic mass is 15.1. The summed E-state index contributed by atoms with van der Waals surface area (Å²) in [6, 6.07) is 0. The van der Waals surface area contributed by atoms with Crippen LogP contribution in [0.25, 0.3) is 0 Å². The van der Waals surface area contributed by atoms with Crippen molar-refractivity contribution >= 4 is 0 Å². The summed E-state index contributed by atoms with van der Waals surface area (Å²) in [7, 11) is 0. The fourth-order valence-corrected chi connectivity index (χ4v) is 2.68. The van der Waals surface area contributed by atoms with Crippen LogP contribution < -0.4 is 0 Å². The van der Waals surface area contributed by atoms with Crippen molar-refractivity contribution in [1.29, 1.82) is 0 Å². The van der Waals surface area contributed by atoms with E-state index in [1.807, 2.05) is 6.08 Å². The smallest absolute Gasteiger partial charge is 0.00157 e. The highest BCUT2D eigenvalue weighted by Gasteiger charge is 2.17. The Morgan fingerprint density at radius 2 is 1.75 bits per heavy atom. The molecule has 0 aromatic heterocycles. The molecule has 114 valence electrons. The fraction of sp³-hybridized carbons (Fsp3) is 0.684. The largest absolute Gasteiger partial charge is 0.303 e. The summed E-state index contributed by atoms with van der Waals surface area (Å²) in [6.45, 7) is 16.8. The van der Waals surface area contributed by atoms with Crippen LogP contribution in [0.4, 0.5) is 0 Å². The van der Waals surface area contributed by atoms with E-state index in [-0.39, 0.29) is 5.41 Å². The molecule has 0 spiro atoms. The zero-order chi connectivity index (χ0) is 15.0. The molecule has 20 heavy (non-hydrogen) atoms. The van der Waals surface area contributed by atoms with Crippen LogP contribution in [-0.2, 0) is 0 Å². The van der Waals surface area contributed by atoms with Gasteiger partial charge in [0.2, 0.25) is 0 Å². The van der Waals surface area contributed by atoms with Gasteiger partial charge < -0.3 is 4.90 Å². The second-order valence-electron chi connectivity index (χ2n) is 7.06. The lowest BCUT2D eigenvalue weighted by Gasteiger charge is -2.28. The number of nitrogens with zero attached hydrogens (tertiary/aromatic N) is 1. The minimum Gasteiger partial charge on any atom is -0.303 e. The second-order valence-corrected chi connectivity index (χ2v) is 7.06. The molecule has 0 atom stereocenters. The summed E-state index contributed by atoms with van der Waals surface area (Å²) in [5.74, 6) is 0. The van der Waals surface area contributed by atoms with E-state index in [4.69, 9.17) is 0 Å². The predicted octanol–water partition coefficient (Wildman–Crippen LogP) is 5.36. The first kappa shape index (κ1) is 17.2. The first-order valence-electron chi connectivity index (χ1n) is 8.16. The molecule has 1 rings (SSSR count). The van der Waals surface area contributed by atoms with Crippen LogP contribution in [0.1, 0.15) is 59.8 Å². The fourth-order valence-electron chi connectivity index (χ4n) is 2.68. The third kappa shape index (κ3) is 6.56. The topological polar surface area (TPSA) is 3.24 Å². The van der Waals surface area contributed by atoms with Gasteiger partial charge in [0.05, 0.1) is 0 Å². The Kier molecular flexibility index (Phi) is 7.29. The van der Waals surface area contributed by atoms with E-state index in [2.05, 4.69) is 51.3 Å². The molecular formula is C19H33N. The van der Waals surface area contributed by atoms with Crippen LogP contribution in [-0.4, -0.2) is 24.5 Å². The second kappa shape index (κ2) is 8.46. The maximum Gasteiger partial charge on any atom is -0.00157 e. The molecular weight excluding hydrogens is 242 g/mol. The average molecular weight is 275 g/mol. The lowest BCUT2D eigenvalue weighted by Crippen LogP contribution is -2.30. The molecule has 0 amide bonds.